The Morgan fingerprint density at radius 3 is 2.44 bits per heavy atom. The summed E-state index contributed by atoms with van der Waals surface area (Å²) in [7, 11) is -3.66. The van der Waals surface area contributed by atoms with E-state index in [0.29, 0.717) is 24.7 Å². The van der Waals surface area contributed by atoms with E-state index in [2.05, 4.69) is 16.9 Å². The molecular weight excluding hydrogens is 362 g/mol. The van der Waals surface area contributed by atoms with Crippen molar-refractivity contribution >= 4 is 10.0 Å². The highest BCUT2D eigenvalue weighted by atomic mass is 32.2. The van der Waals surface area contributed by atoms with Gasteiger partial charge in [0.15, 0.2) is 11.5 Å². The quantitative estimate of drug-likeness (QED) is 0.867. The first-order chi connectivity index (χ1) is 13.0. The number of aryl methyl sites for hydroxylation is 2. The lowest BCUT2D eigenvalue weighted by Gasteiger charge is -2.20. The molecule has 1 unspecified atom stereocenters. The van der Waals surface area contributed by atoms with Gasteiger partial charge in [-0.05, 0) is 61.4 Å². The maximum absolute atomic E-state index is 12.9. The van der Waals surface area contributed by atoms with Gasteiger partial charge in [0.25, 0.3) is 0 Å². The van der Waals surface area contributed by atoms with Crippen LogP contribution in [-0.4, -0.2) is 21.6 Å². The van der Waals surface area contributed by atoms with Crippen molar-refractivity contribution in [3.63, 3.8) is 0 Å². The van der Waals surface area contributed by atoms with Crippen LogP contribution in [0.15, 0.2) is 41.3 Å². The highest BCUT2D eigenvalue weighted by Crippen LogP contribution is 2.32. The molecular formula is C21H25NO4S. The van der Waals surface area contributed by atoms with Crippen LogP contribution >= 0.6 is 0 Å². The molecule has 0 spiro atoms. The first kappa shape index (κ1) is 18.3. The third-order valence-electron chi connectivity index (χ3n) is 5.23. The molecule has 0 radical (unpaired) electrons. The van der Waals surface area contributed by atoms with Crippen molar-refractivity contribution in [3.05, 3.63) is 53.1 Å². The van der Waals surface area contributed by atoms with Crippen molar-refractivity contribution in [2.45, 2.75) is 50.0 Å². The summed E-state index contributed by atoms with van der Waals surface area (Å²) in [6.45, 7) is 2.98. The number of rotatable bonds is 4. The first-order valence-electron chi connectivity index (χ1n) is 9.57. The van der Waals surface area contributed by atoms with Crippen molar-refractivity contribution in [1.29, 1.82) is 0 Å². The molecule has 0 saturated carbocycles. The summed E-state index contributed by atoms with van der Waals surface area (Å²) in [5, 5.41) is 0. The molecule has 0 saturated heterocycles. The monoisotopic (exact) mass is 387 g/mol. The molecule has 2 aromatic carbocycles. The Morgan fingerprint density at radius 2 is 1.63 bits per heavy atom. The lowest BCUT2D eigenvalue weighted by molar-refractivity contribution is 0.297. The molecule has 2 aromatic rings. The largest absolute Gasteiger partial charge is 0.490 e. The molecule has 144 valence electrons. The fraction of sp³-hybridized carbons (Fsp3) is 0.429. The number of nitrogens with one attached hydrogen (secondary N) is 1. The van der Waals surface area contributed by atoms with E-state index >= 15 is 0 Å². The molecule has 0 bridgehead atoms. The van der Waals surface area contributed by atoms with Crippen molar-refractivity contribution in [3.8, 4) is 11.5 Å². The Bertz CT molecular complexity index is 939. The van der Waals surface area contributed by atoms with Crippen molar-refractivity contribution in [1.82, 2.24) is 4.72 Å². The van der Waals surface area contributed by atoms with Crippen LogP contribution in [0.4, 0.5) is 0 Å². The number of benzene rings is 2. The zero-order valence-corrected chi connectivity index (χ0v) is 16.3. The second kappa shape index (κ2) is 7.52. The molecule has 6 heteroatoms. The van der Waals surface area contributed by atoms with Gasteiger partial charge in [-0.2, -0.15) is 0 Å². The molecule has 0 amide bonds. The molecule has 5 nitrogen and oxygen atoms in total. The summed E-state index contributed by atoms with van der Waals surface area (Å²) < 4.78 is 39.7. The summed E-state index contributed by atoms with van der Waals surface area (Å²) in [5.74, 6) is 1.07. The number of hydrogen-bond donors (Lipinski definition) is 1. The molecule has 1 aliphatic carbocycles. The Hall–Kier alpha value is -2.05. The molecule has 0 fully saturated rings. The van der Waals surface area contributed by atoms with Crippen LogP contribution in [0.3, 0.4) is 0 Å². The fourth-order valence-corrected chi connectivity index (χ4v) is 4.95. The predicted molar refractivity (Wildman–Crippen MR) is 104 cm³/mol. The van der Waals surface area contributed by atoms with Crippen LogP contribution in [0.25, 0.3) is 0 Å². The summed E-state index contributed by atoms with van der Waals surface area (Å²) in [4.78, 5) is 0.191. The van der Waals surface area contributed by atoms with Gasteiger partial charge in [0.1, 0.15) is 0 Å². The summed E-state index contributed by atoms with van der Waals surface area (Å²) in [6.07, 6.45) is 5.41. The number of hydrogen-bond acceptors (Lipinski definition) is 4. The van der Waals surface area contributed by atoms with Gasteiger partial charge in [0, 0.05) is 18.5 Å². The summed E-state index contributed by atoms with van der Waals surface area (Å²) in [6, 6.07) is 10.8. The van der Waals surface area contributed by atoms with Crippen LogP contribution < -0.4 is 14.2 Å². The lowest BCUT2D eigenvalue weighted by Crippen LogP contribution is -2.27. The van der Waals surface area contributed by atoms with Gasteiger partial charge in [-0.3, -0.25) is 0 Å². The smallest absolute Gasteiger partial charge is 0.241 e. The second-order valence-electron chi connectivity index (χ2n) is 7.24. The van der Waals surface area contributed by atoms with E-state index in [4.69, 9.17) is 9.47 Å². The lowest BCUT2D eigenvalue weighted by atomic mass is 9.89. The highest BCUT2D eigenvalue weighted by molar-refractivity contribution is 7.89. The van der Waals surface area contributed by atoms with Crippen LogP contribution in [0.5, 0.6) is 11.5 Å². The standard InChI is InChI=1S/C21H25NO4S/c1-15(17-8-7-16-5-2-3-6-18(16)13-17)22-27(23,24)19-9-10-20-21(14-19)26-12-4-11-25-20/h7-10,13-15,22H,2-6,11-12H2,1H3. The summed E-state index contributed by atoms with van der Waals surface area (Å²) >= 11 is 0. The molecule has 1 heterocycles. The minimum Gasteiger partial charge on any atom is -0.490 e. The Morgan fingerprint density at radius 1 is 0.889 bits per heavy atom. The number of sulfonamides is 1. The first-order valence-corrected chi connectivity index (χ1v) is 11.0. The third-order valence-corrected chi connectivity index (χ3v) is 6.77. The topological polar surface area (TPSA) is 64.6 Å². The number of fused-ring (bicyclic) bond motifs is 2. The Balaban J connectivity index is 1.55. The second-order valence-corrected chi connectivity index (χ2v) is 8.95. The van der Waals surface area contributed by atoms with Crippen LogP contribution in [0, 0.1) is 0 Å². The van der Waals surface area contributed by atoms with Gasteiger partial charge < -0.3 is 9.47 Å². The van der Waals surface area contributed by atoms with Crippen molar-refractivity contribution in [2.75, 3.05) is 13.2 Å². The van der Waals surface area contributed by atoms with Crippen molar-refractivity contribution < 1.29 is 17.9 Å². The van der Waals surface area contributed by atoms with E-state index in [1.54, 1.807) is 18.2 Å². The minimum atomic E-state index is -3.66. The van der Waals surface area contributed by atoms with E-state index in [0.717, 1.165) is 24.8 Å². The van der Waals surface area contributed by atoms with E-state index in [1.165, 1.54) is 24.0 Å². The Kier molecular flexibility index (Phi) is 5.10. The van der Waals surface area contributed by atoms with E-state index in [1.807, 2.05) is 13.0 Å². The maximum atomic E-state index is 12.9. The molecule has 1 aliphatic heterocycles. The fourth-order valence-electron chi connectivity index (χ4n) is 3.70. The maximum Gasteiger partial charge on any atom is 0.241 e. The van der Waals surface area contributed by atoms with Gasteiger partial charge in [0.05, 0.1) is 18.1 Å². The van der Waals surface area contributed by atoms with Gasteiger partial charge in [-0.15, -0.1) is 0 Å². The molecule has 1 N–H and O–H groups in total. The van der Waals surface area contributed by atoms with E-state index in [-0.39, 0.29) is 10.9 Å². The van der Waals surface area contributed by atoms with Gasteiger partial charge in [0.2, 0.25) is 10.0 Å². The van der Waals surface area contributed by atoms with Gasteiger partial charge >= 0.3 is 0 Å². The zero-order valence-electron chi connectivity index (χ0n) is 15.5. The molecule has 27 heavy (non-hydrogen) atoms. The average Bonchev–Trinajstić information content (AvgIpc) is 2.92. The predicted octanol–water partition coefficient (Wildman–Crippen LogP) is 3.77. The van der Waals surface area contributed by atoms with E-state index < -0.39 is 10.0 Å². The van der Waals surface area contributed by atoms with E-state index in [9.17, 15) is 8.42 Å². The molecule has 1 atom stereocenters. The number of ether oxygens (including phenoxy) is 2. The molecule has 2 aliphatic rings. The Labute approximate surface area is 160 Å². The SMILES string of the molecule is CC(NS(=O)(=O)c1ccc2c(c1)OCCCO2)c1ccc2c(c1)CCCC2. The molecule has 0 aromatic heterocycles. The van der Waals surface area contributed by atoms with Crippen LogP contribution in [0.1, 0.15) is 48.9 Å². The highest BCUT2D eigenvalue weighted by Gasteiger charge is 2.22. The summed E-state index contributed by atoms with van der Waals surface area (Å²) in [5.41, 5.74) is 3.73. The van der Waals surface area contributed by atoms with Crippen molar-refractivity contribution in [2.24, 2.45) is 0 Å². The normalized spacial score (nSPS) is 17.7. The van der Waals surface area contributed by atoms with Crippen LogP contribution in [0.2, 0.25) is 0 Å². The zero-order chi connectivity index (χ0) is 18.9. The molecule has 4 rings (SSSR count). The third kappa shape index (κ3) is 3.96. The average molecular weight is 388 g/mol. The minimum absolute atomic E-state index is 0.191. The van der Waals surface area contributed by atoms with Gasteiger partial charge in [-0.1, -0.05) is 18.2 Å². The van der Waals surface area contributed by atoms with Gasteiger partial charge in [-0.25, -0.2) is 13.1 Å². The van der Waals surface area contributed by atoms with Crippen LogP contribution in [-0.2, 0) is 22.9 Å².